The zero-order valence-corrected chi connectivity index (χ0v) is 25.7. The van der Waals surface area contributed by atoms with Crippen LogP contribution in [0, 0.1) is 31.5 Å². The van der Waals surface area contributed by atoms with E-state index in [1.54, 1.807) is 28.4 Å². The number of rotatable bonds is 6. The van der Waals surface area contributed by atoms with Gasteiger partial charge in [-0.1, -0.05) is 55.7 Å². The summed E-state index contributed by atoms with van der Waals surface area (Å²) in [4.78, 5) is 49.0. The van der Waals surface area contributed by atoms with Gasteiger partial charge in [-0.05, 0) is 67.0 Å². The van der Waals surface area contributed by atoms with E-state index in [-0.39, 0.29) is 29.3 Å². The van der Waals surface area contributed by atoms with Crippen LogP contribution < -0.4 is 5.32 Å². The first-order chi connectivity index (χ1) is 20.9. The number of thiophene rings is 1. The molecule has 3 aromatic rings. The summed E-state index contributed by atoms with van der Waals surface area (Å²) in [6.45, 7) is 6.42. The summed E-state index contributed by atoms with van der Waals surface area (Å²) in [7, 11) is 0. The first-order valence-corrected chi connectivity index (χ1v) is 16.5. The first kappa shape index (κ1) is 29.7. The lowest BCUT2D eigenvalue weighted by Crippen LogP contribution is -2.55. The third-order valence-corrected chi connectivity index (χ3v) is 10.8. The normalized spacial score (nSPS) is 24.7. The van der Waals surface area contributed by atoms with Gasteiger partial charge < -0.3 is 15.1 Å². The summed E-state index contributed by atoms with van der Waals surface area (Å²) in [6, 6.07) is 14.2. The number of Topliss-reactive ketones (excluding diaryl/α,β-unsaturated/α-hetero) is 1. The van der Waals surface area contributed by atoms with E-state index in [9.17, 15) is 18.8 Å². The third-order valence-electron chi connectivity index (χ3n) is 9.69. The summed E-state index contributed by atoms with van der Waals surface area (Å²) in [5.41, 5.74) is 3.15. The molecule has 1 aromatic heterocycles. The van der Waals surface area contributed by atoms with Crippen molar-refractivity contribution in [2.75, 3.05) is 26.2 Å². The van der Waals surface area contributed by atoms with Gasteiger partial charge in [0.05, 0.1) is 12.0 Å². The van der Waals surface area contributed by atoms with Crippen LogP contribution in [0.25, 0.3) is 0 Å². The van der Waals surface area contributed by atoms with Crippen LogP contribution in [0.15, 0.2) is 60.0 Å². The zero-order chi connectivity index (χ0) is 30.1. The Bertz CT molecular complexity index is 1480. The Morgan fingerprint density at radius 3 is 2.21 bits per heavy atom. The average Bonchev–Trinajstić information content (AvgIpc) is 3.62. The summed E-state index contributed by atoms with van der Waals surface area (Å²) >= 11 is 1.55. The highest BCUT2D eigenvalue weighted by atomic mass is 32.1. The van der Waals surface area contributed by atoms with Crippen LogP contribution in [0.4, 0.5) is 4.39 Å². The van der Waals surface area contributed by atoms with Crippen molar-refractivity contribution < 1.29 is 18.8 Å². The number of benzene rings is 2. The molecular weight excluding hydrogens is 561 g/mol. The number of aryl methyl sites for hydroxylation is 2. The molecule has 4 unspecified atom stereocenters. The number of piperazine rings is 1. The summed E-state index contributed by atoms with van der Waals surface area (Å²) in [6.07, 6.45) is 4.60. The van der Waals surface area contributed by atoms with Crippen molar-refractivity contribution in [3.63, 3.8) is 0 Å². The summed E-state index contributed by atoms with van der Waals surface area (Å²) in [5.74, 6) is -2.06. The van der Waals surface area contributed by atoms with Crippen LogP contribution in [0.1, 0.15) is 76.0 Å². The molecule has 4 atom stereocenters. The Labute approximate surface area is 257 Å². The van der Waals surface area contributed by atoms with Gasteiger partial charge in [-0.3, -0.25) is 14.4 Å². The second-order valence-corrected chi connectivity index (χ2v) is 13.2. The van der Waals surface area contributed by atoms with E-state index in [1.165, 1.54) is 12.1 Å². The van der Waals surface area contributed by atoms with E-state index in [2.05, 4.69) is 5.32 Å². The number of nitrogens with zero attached hydrogens (tertiary/aromatic N) is 2. The Balaban J connectivity index is 1.59. The molecule has 6 rings (SSSR count). The molecule has 8 heteroatoms. The van der Waals surface area contributed by atoms with Crippen molar-refractivity contribution in [3.05, 3.63) is 92.9 Å². The fourth-order valence-electron chi connectivity index (χ4n) is 7.49. The van der Waals surface area contributed by atoms with Gasteiger partial charge in [0.1, 0.15) is 11.9 Å². The Morgan fingerprint density at radius 1 is 0.860 bits per heavy atom. The molecule has 3 fully saturated rings. The summed E-state index contributed by atoms with van der Waals surface area (Å²) < 4.78 is 14.3. The van der Waals surface area contributed by atoms with E-state index in [4.69, 9.17) is 0 Å². The Hall–Kier alpha value is -3.36. The number of amides is 2. The molecule has 2 aliphatic heterocycles. The third kappa shape index (κ3) is 5.67. The van der Waals surface area contributed by atoms with Crippen LogP contribution in [0.3, 0.4) is 0 Å². The smallest absolute Gasteiger partial charge is 0.246 e. The van der Waals surface area contributed by atoms with Gasteiger partial charge in [-0.2, -0.15) is 0 Å². The molecule has 3 heterocycles. The lowest BCUT2D eigenvalue weighted by Gasteiger charge is -2.38. The van der Waals surface area contributed by atoms with Gasteiger partial charge in [0, 0.05) is 48.5 Å². The second kappa shape index (κ2) is 12.7. The number of halogens is 1. The van der Waals surface area contributed by atoms with Crippen molar-refractivity contribution in [1.29, 1.82) is 0 Å². The fraction of sp³-hybridized carbons (Fsp3) is 0.457. The number of hydrogen-bond donors (Lipinski definition) is 1. The van der Waals surface area contributed by atoms with Crippen molar-refractivity contribution in [2.45, 2.75) is 64.0 Å². The lowest BCUT2D eigenvalue weighted by atomic mass is 9.77. The summed E-state index contributed by atoms with van der Waals surface area (Å²) in [5, 5.41) is 5.33. The maximum atomic E-state index is 14.9. The predicted molar refractivity (Wildman–Crippen MR) is 167 cm³/mol. The molecule has 0 bridgehead atoms. The topological polar surface area (TPSA) is 69.7 Å². The highest BCUT2D eigenvalue weighted by molar-refractivity contribution is 7.10. The standard InChI is InChI=1S/C35H40FN3O3S/c1-22-8-6-7-11-27(22)32(40)28-29(33-23(2)16-21-43-33)31(35(42)38-19-17-37-18-20-38)39(34(41)25-9-4-3-5-10-25)30(28)24-12-14-26(36)15-13-24/h6-8,11-16,21,25,28-31,37H,3-5,9-10,17-20H2,1-2H3. The van der Waals surface area contributed by atoms with Crippen LogP contribution in [0.5, 0.6) is 0 Å². The van der Waals surface area contributed by atoms with E-state index in [0.717, 1.165) is 48.1 Å². The monoisotopic (exact) mass is 601 g/mol. The van der Waals surface area contributed by atoms with Crippen molar-refractivity contribution in [2.24, 2.45) is 11.8 Å². The second-order valence-electron chi connectivity index (χ2n) is 12.3. The molecule has 2 amide bonds. The number of nitrogens with one attached hydrogen (secondary N) is 1. The number of hydrogen-bond acceptors (Lipinski definition) is 5. The quantitative estimate of drug-likeness (QED) is 0.349. The highest BCUT2D eigenvalue weighted by Gasteiger charge is 2.59. The van der Waals surface area contributed by atoms with Crippen molar-refractivity contribution in [1.82, 2.24) is 15.1 Å². The van der Waals surface area contributed by atoms with Gasteiger partial charge in [-0.15, -0.1) is 11.3 Å². The molecule has 2 aromatic carbocycles. The average molecular weight is 602 g/mol. The molecule has 0 spiro atoms. The van der Waals surface area contributed by atoms with Gasteiger partial charge in [0.2, 0.25) is 11.8 Å². The maximum absolute atomic E-state index is 14.9. The van der Waals surface area contributed by atoms with Crippen LogP contribution >= 0.6 is 11.3 Å². The highest BCUT2D eigenvalue weighted by Crippen LogP contribution is 2.54. The number of carbonyl (C=O) groups is 3. The maximum Gasteiger partial charge on any atom is 0.246 e. The zero-order valence-electron chi connectivity index (χ0n) is 24.9. The minimum absolute atomic E-state index is 0.0539. The fourth-order valence-corrected chi connectivity index (χ4v) is 8.59. The van der Waals surface area contributed by atoms with Gasteiger partial charge >= 0.3 is 0 Å². The minimum atomic E-state index is -0.835. The SMILES string of the molecule is Cc1ccccc1C(=O)C1C(c2sccc2C)C(C(=O)N2CCNCC2)N(C(=O)C2CCCCC2)C1c1ccc(F)cc1. The van der Waals surface area contributed by atoms with Gasteiger partial charge in [0.15, 0.2) is 5.78 Å². The Morgan fingerprint density at radius 2 is 1.56 bits per heavy atom. The van der Waals surface area contributed by atoms with E-state index in [1.807, 2.05) is 54.5 Å². The van der Waals surface area contributed by atoms with Gasteiger partial charge in [0.25, 0.3) is 0 Å². The molecule has 3 aliphatic rings. The van der Waals surface area contributed by atoms with E-state index < -0.39 is 23.9 Å². The van der Waals surface area contributed by atoms with Crippen LogP contribution in [-0.4, -0.2) is 59.6 Å². The lowest BCUT2D eigenvalue weighted by molar-refractivity contribution is -0.149. The van der Waals surface area contributed by atoms with Crippen molar-refractivity contribution >= 4 is 28.9 Å². The number of carbonyl (C=O) groups excluding carboxylic acids is 3. The predicted octanol–water partition coefficient (Wildman–Crippen LogP) is 6.05. The molecule has 6 nitrogen and oxygen atoms in total. The van der Waals surface area contributed by atoms with Crippen molar-refractivity contribution in [3.8, 4) is 0 Å². The minimum Gasteiger partial charge on any atom is -0.338 e. The van der Waals surface area contributed by atoms with Crippen LogP contribution in [0.2, 0.25) is 0 Å². The number of ketones is 1. The molecule has 43 heavy (non-hydrogen) atoms. The van der Waals surface area contributed by atoms with E-state index >= 15 is 0 Å². The van der Waals surface area contributed by atoms with Gasteiger partial charge in [-0.25, -0.2) is 4.39 Å². The molecular formula is C35H40FN3O3S. The first-order valence-electron chi connectivity index (χ1n) is 15.6. The van der Waals surface area contributed by atoms with E-state index in [0.29, 0.717) is 37.3 Å². The molecule has 1 aliphatic carbocycles. The Kier molecular flexibility index (Phi) is 8.78. The van der Waals surface area contributed by atoms with Crippen LogP contribution in [-0.2, 0) is 9.59 Å². The molecule has 226 valence electrons. The largest absolute Gasteiger partial charge is 0.338 e. The molecule has 1 saturated carbocycles. The molecule has 2 saturated heterocycles. The molecule has 0 radical (unpaired) electrons. The number of likely N-dealkylation sites (tertiary alicyclic amines) is 1. The molecule has 1 N–H and O–H groups in total.